The van der Waals surface area contributed by atoms with Crippen molar-refractivity contribution in [3.05, 3.63) is 0 Å². The van der Waals surface area contributed by atoms with Crippen LogP contribution in [0.1, 0.15) is 20.3 Å². The van der Waals surface area contributed by atoms with Crippen molar-refractivity contribution in [3.63, 3.8) is 0 Å². The molecule has 0 bridgehead atoms. The molecule has 1 fully saturated rings. The van der Waals surface area contributed by atoms with Crippen LogP contribution in [0, 0.1) is 0 Å². The highest BCUT2D eigenvalue weighted by molar-refractivity contribution is 5.84. The number of guanidine groups is 1. The van der Waals surface area contributed by atoms with Crippen LogP contribution in [0.4, 0.5) is 0 Å². The predicted octanol–water partition coefficient (Wildman–Crippen LogP) is -0.452. The molecule has 0 aromatic carbocycles. The summed E-state index contributed by atoms with van der Waals surface area (Å²) in [7, 11) is 0. The van der Waals surface area contributed by atoms with E-state index in [-0.39, 0.29) is 18.5 Å². The lowest BCUT2D eigenvalue weighted by Crippen LogP contribution is -2.43. The molecule has 0 aromatic rings. The van der Waals surface area contributed by atoms with Crippen molar-refractivity contribution in [1.82, 2.24) is 10.2 Å². The minimum atomic E-state index is 0.00204. The number of amides is 1. The minimum absolute atomic E-state index is 0.00204. The highest BCUT2D eigenvalue weighted by atomic mass is 16.5. The second kappa shape index (κ2) is 7.11. The molecule has 0 aromatic heterocycles. The summed E-state index contributed by atoms with van der Waals surface area (Å²) in [6, 6.07) is 0.275. The third-order valence-electron chi connectivity index (χ3n) is 2.76. The number of nitrogens with zero attached hydrogens (tertiary/aromatic N) is 2. The number of hydrogen-bond acceptors (Lipinski definition) is 3. The summed E-state index contributed by atoms with van der Waals surface area (Å²) in [5.74, 6) is 0.336. The van der Waals surface area contributed by atoms with E-state index in [1.807, 2.05) is 6.92 Å². The van der Waals surface area contributed by atoms with Gasteiger partial charge in [0.05, 0.1) is 13.2 Å². The van der Waals surface area contributed by atoms with E-state index in [2.05, 4.69) is 17.2 Å². The Balaban J connectivity index is 2.32. The second-order valence-electron chi connectivity index (χ2n) is 4.15. The Labute approximate surface area is 102 Å². The van der Waals surface area contributed by atoms with Gasteiger partial charge in [0.2, 0.25) is 5.91 Å². The van der Waals surface area contributed by atoms with Crippen LogP contribution in [0.2, 0.25) is 0 Å². The summed E-state index contributed by atoms with van der Waals surface area (Å²) >= 11 is 0. The molecule has 6 nitrogen and oxygen atoms in total. The molecule has 3 N–H and O–H groups in total. The van der Waals surface area contributed by atoms with Crippen molar-refractivity contribution in [1.29, 1.82) is 0 Å². The molecule has 1 unspecified atom stereocenters. The fourth-order valence-corrected chi connectivity index (χ4v) is 1.47. The Kier molecular flexibility index (Phi) is 5.76. The third-order valence-corrected chi connectivity index (χ3v) is 2.76. The maximum atomic E-state index is 11.7. The van der Waals surface area contributed by atoms with Crippen LogP contribution in [0.25, 0.3) is 0 Å². The third kappa shape index (κ3) is 5.04. The number of rotatable bonds is 4. The minimum Gasteiger partial charge on any atom is -0.378 e. The molecule has 1 amide bonds. The molecular formula is C11H22N4O2. The summed E-state index contributed by atoms with van der Waals surface area (Å²) < 4.78 is 5.18. The Morgan fingerprint density at radius 3 is 2.76 bits per heavy atom. The lowest BCUT2D eigenvalue weighted by atomic mass is 10.3. The van der Waals surface area contributed by atoms with Crippen molar-refractivity contribution in [2.24, 2.45) is 10.7 Å². The highest BCUT2D eigenvalue weighted by Crippen LogP contribution is 1.97. The molecule has 1 rings (SSSR count). The average molecular weight is 242 g/mol. The molecule has 1 atom stereocenters. The van der Waals surface area contributed by atoms with E-state index in [9.17, 15) is 4.79 Å². The first kappa shape index (κ1) is 13.8. The summed E-state index contributed by atoms with van der Waals surface area (Å²) in [6.07, 6.45) is 0.966. The topological polar surface area (TPSA) is 79.9 Å². The van der Waals surface area contributed by atoms with Gasteiger partial charge in [-0.3, -0.25) is 4.79 Å². The van der Waals surface area contributed by atoms with E-state index < -0.39 is 0 Å². The zero-order chi connectivity index (χ0) is 12.7. The molecular weight excluding hydrogens is 220 g/mol. The molecule has 1 heterocycles. The van der Waals surface area contributed by atoms with E-state index in [0.717, 1.165) is 6.42 Å². The summed E-state index contributed by atoms with van der Waals surface area (Å²) in [4.78, 5) is 17.5. The van der Waals surface area contributed by atoms with E-state index >= 15 is 0 Å². The van der Waals surface area contributed by atoms with Gasteiger partial charge in [-0.25, -0.2) is 4.99 Å². The van der Waals surface area contributed by atoms with Crippen LogP contribution in [0.5, 0.6) is 0 Å². The Morgan fingerprint density at radius 1 is 1.53 bits per heavy atom. The van der Waals surface area contributed by atoms with Crippen LogP contribution in [0.15, 0.2) is 4.99 Å². The van der Waals surface area contributed by atoms with Gasteiger partial charge in [0.25, 0.3) is 0 Å². The Morgan fingerprint density at radius 2 is 2.18 bits per heavy atom. The quantitative estimate of drug-likeness (QED) is 0.517. The van der Waals surface area contributed by atoms with Gasteiger partial charge < -0.3 is 20.7 Å². The lowest BCUT2D eigenvalue weighted by Gasteiger charge is -2.26. The van der Waals surface area contributed by atoms with Crippen LogP contribution in [-0.2, 0) is 9.53 Å². The zero-order valence-corrected chi connectivity index (χ0v) is 10.6. The number of carbonyl (C=O) groups excluding carboxylic acids is 1. The molecule has 1 aliphatic rings. The van der Waals surface area contributed by atoms with Crippen LogP contribution >= 0.6 is 0 Å². The number of nitrogens with one attached hydrogen (secondary N) is 1. The fraction of sp³-hybridized carbons (Fsp3) is 0.818. The van der Waals surface area contributed by atoms with Gasteiger partial charge in [0, 0.05) is 19.1 Å². The van der Waals surface area contributed by atoms with Crippen molar-refractivity contribution in [3.8, 4) is 0 Å². The fourth-order valence-electron chi connectivity index (χ4n) is 1.47. The lowest BCUT2D eigenvalue weighted by molar-refractivity contribution is -0.133. The normalized spacial score (nSPS) is 18.9. The molecule has 17 heavy (non-hydrogen) atoms. The zero-order valence-electron chi connectivity index (χ0n) is 10.6. The van der Waals surface area contributed by atoms with Gasteiger partial charge >= 0.3 is 0 Å². The highest BCUT2D eigenvalue weighted by Gasteiger charge is 2.16. The molecule has 0 aliphatic carbocycles. The van der Waals surface area contributed by atoms with Crippen molar-refractivity contribution in [2.45, 2.75) is 26.3 Å². The molecule has 98 valence electrons. The first-order chi connectivity index (χ1) is 8.13. The summed E-state index contributed by atoms with van der Waals surface area (Å²) in [6.45, 7) is 6.69. The van der Waals surface area contributed by atoms with Gasteiger partial charge in [-0.2, -0.15) is 0 Å². The monoisotopic (exact) mass is 242 g/mol. The Bertz CT molecular complexity index is 275. The standard InChI is InChI=1S/C11H22N4O2/c1-3-9(2)14-11(12)13-8-10(16)15-4-6-17-7-5-15/h9H,3-8H2,1-2H3,(H3,12,13,14). The molecule has 1 saturated heterocycles. The number of ether oxygens (including phenoxy) is 1. The van der Waals surface area contributed by atoms with Gasteiger partial charge in [-0.15, -0.1) is 0 Å². The molecule has 0 saturated carbocycles. The number of carbonyl (C=O) groups is 1. The van der Waals surface area contributed by atoms with E-state index in [1.54, 1.807) is 4.90 Å². The largest absolute Gasteiger partial charge is 0.378 e. The maximum Gasteiger partial charge on any atom is 0.244 e. The first-order valence-corrected chi connectivity index (χ1v) is 6.05. The number of aliphatic imine (C=N–C) groups is 1. The first-order valence-electron chi connectivity index (χ1n) is 6.05. The summed E-state index contributed by atoms with van der Waals surface area (Å²) in [5, 5.41) is 3.02. The van der Waals surface area contributed by atoms with Gasteiger partial charge in [-0.1, -0.05) is 6.92 Å². The second-order valence-corrected chi connectivity index (χ2v) is 4.15. The molecule has 6 heteroatoms. The van der Waals surface area contributed by atoms with E-state index in [1.165, 1.54) is 0 Å². The number of nitrogens with two attached hydrogens (primary N) is 1. The summed E-state index contributed by atoms with van der Waals surface area (Å²) in [5.41, 5.74) is 5.67. The Hall–Kier alpha value is -1.30. The van der Waals surface area contributed by atoms with Crippen LogP contribution in [-0.4, -0.2) is 55.7 Å². The van der Waals surface area contributed by atoms with Crippen LogP contribution in [0.3, 0.4) is 0 Å². The number of morpholine rings is 1. The average Bonchev–Trinajstić information content (AvgIpc) is 2.36. The van der Waals surface area contributed by atoms with Crippen molar-refractivity contribution in [2.75, 3.05) is 32.8 Å². The van der Waals surface area contributed by atoms with Gasteiger partial charge in [0.15, 0.2) is 5.96 Å². The predicted molar refractivity (Wildman–Crippen MR) is 66.8 cm³/mol. The molecule has 0 spiro atoms. The van der Waals surface area contributed by atoms with E-state index in [4.69, 9.17) is 10.5 Å². The molecule has 0 radical (unpaired) electrons. The number of hydrogen-bond donors (Lipinski definition) is 2. The van der Waals surface area contributed by atoms with Crippen molar-refractivity contribution >= 4 is 11.9 Å². The van der Waals surface area contributed by atoms with Crippen LogP contribution < -0.4 is 11.1 Å². The van der Waals surface area contributed by atoms with Crippen molar-refractivity contribution < 1.29 is 9.53 Å². The maximum absolute atomic E-state index is 11.7. The van der Waals surface area contributed by atoms with Gasteiger partial charge in [-0.05, 0) is 13.3 Å². The van der Waals surface area contributed by atoms with E-state index in [0.29, 0.717) is 32.3 Å². The van der Waals surface area contributed by atoms with Gasteiger partial charge in [0.1, 0.15) is 6.54 Å². The smallest absolute Gasteiger partial charge is 0.244 e. The molecule has 1 aliphatic heterocycles. The SMILES string of the molecule is CCC(C)NC(N)=NCC(=O)N1CCOCC1.